The van der Waals surface area contributed by atoms with Crippen molar-refractivity contribution in [3.8, 4) is 16.9 Å². The summed E-state index contributed by atoms with van der Waals surface area (Å²) in [6.07, 6.45) is -11.7. The van der Waals surface area contributed by atoms with E-state index < -0.39 is 54.6 Å². The van der Waals surface area contributed by atoms with Crippen molar-refractivity contribution in [1.29, 1.82) is 0 Å². The summed E-state index contributed by atoms with van der Waals surface area (Å²) < 4.78 is 49.0. The van der Waals surface area contributed by atoms with Gasteiger partial charge in [0.05, 0.1) is 37.8 Å². The van der Waals surface area contributed by atoms with Gasteiger partial charge in [-0.3, -0.25) is 9.59 Å². The number of benzene rings is 3. The third-order valence-corrected chi connectivity index (χ3v) is 9.24. The maximum Gasteiger partial charge on any atom is 0.417 e. The summed E-state index contributed by atoms with van der Waals surface area (Å²) in [6, 6.07) is 18.2. The molecule has 2 amide bonds. The number of fused-ring (bicyclic) bond motifs is 2. The number of likely N-dealkylation sites (N-methyl/N-ethyl adjacent to an activating group) is 1. The lowest BCUT2D eigenvalue weighted by molar-refractivity contribution is -0.137. The predicted molar refractivity (Wildman–Crippen MR) is 181 cm³/mol. The molecule has 5 rings (SSSR count). The number of halogens is 4. The van der Waals surface area contributed by atoms with E-state index in [0.717, 1.165) is 11.6 Å². The Morgan fingerprint density at radius 2 is 1.59 bits per heavy atom. The minimum Gasteiger partial charge on any atom is -0.496 e. The summed E-state index contributed by atoms with van der Waals surface area (Å²) in [7, 11) is 2.71. The Balaban J connectivity index is 1.42. The fourth-order valence-electron chi connectivity index (χ4n) is 6.11. The number of ether oxygens (including phenoxy) is 1. The van der Waals surface area contributed by atoms with Gasteiger partial charge in [-0.1, -0.05) is 48.0 Å². The number of aromatic nitrogens is 1. The molecule has 4 aromatic rings. The maximum absolute atomic E-state index is 14.3. The van der Waals surface area contributed by atoms with Crippen LogP contribution in [0.25, 0.3) is 11.1 Å². The number of hydrogen-bond acceptors (Lipinski definition) is 8. The zero-order valence-electron chi connectivity index (χ0n) is 27.6. The quantitative estimate of drug-likeness (QED) is 0.157. The first-order valence-electron chi connectivity index (χ1n) is 15.8. The molecule has 0 bridgehead atoms. The first-order chi connectivity index (χ1) is 24.2. The van der Waals surface area contributed by atoms with Crippen LogP contribution in [0.3, 0.4) is 0 Å². The average molecular weight is 732 g/mol. The molecule has 0 unspecified atom stereocenters. The van der Waals surface area contributed by atoms with Crippen LogP contribution in [-0.4, -0.2) is 98.5 Å². The van der Waals surface area contributed by atoms with Gasteiger partial charge in [0, 0.05) is 47.8 Å². The van der Waals surface area contributed by atoms with E-state index in [-0.39, 0.29) is 53.5 Å². The van der Waals surface area contributed by atoms with E-state index in [4.69, 9.17) is 21.4 Å². The Kier molecular flexibility index (Phi) is 11.4. The molecule has 1 aliphatic rings. The second kappa shape index (κ2) is 15.4. The lowest BCUT2D eigenvalue weighted by atomic mass is 9.97. The molecule has 15 heteroatoms. The van der Waals surface area contributed by atoms with Crippen LogP contribution in [0.2, 0.25) is 5.02 Å². The molecule has 0 saturated carbocycles. The van der Waals surface area contributed by atoms with Gasteiger partial charge in [-0.05, 0) is 47.5 Å². The number of methoxy groups -OCH3 is 1. The zero-order chi connectivity index (χ0) is 37.2. The summed E-state index contributed by atoms with van der Waals surface area (Å²) in [6.45, 7) is -0.875. The van der Waals surface area contributed by atoms with Gasteiger partial charge in [-0.2, -0.15) is 13.2 Å². The number of aliphatic hydroxyl groups is 5. The number of carbonyl (C=O) groups excluding carboxylic acids is 2. The molecular weight excluding hydrogens is 695 g/mol. The molecule has 0 aliphatic carbocycles. The SMILES string of the molecule is COc1cc(-c2ccccc2C(F)(F)F)c(Cl)cc1C(=O)N1Cc2ccc(CC(=O)N(C)C[C@H](O)[C@@H](O)[C@H](O)[C@H](O)CO)n2Cc2ccccc21. The molecule has 11 nitrogen and oxygen atoms in total. The topological polar surface area (TPSA) is 156 Å². The lowest BCUT2D eigenvalue weighted by Crippen LogP contribution is -2.50. The first-order valence-corrected chi connectivity index (χ1v) is 16.2. The van der Waals surface area contributed by atoms with Gasteiger partial charge in [0.2, 0.25) is 5.91 Å². The first kappa shape index (κ1) is 37.8. The van der Waals surface area contributed by atoms with E-state index in [1.54, 1.807) is 30.3 Å². The number of para-hydroxylation sites is 1. The van der Waals surface area contributed by atoms with Crippen LogP contribution in [0.4, 0.5) is 18.9 Å². The van der Waals surface area contributed by atoms with Crippen molar-refractivity contribution in [2.75, 3.05) is 32.2 Å². The van der Waals surface area contributed by atoms with E-state index in [1.165, 1.54) is 54.3 Å². The number of anilines is 1. The fraction of sp³-hybridized carbons (Fsp3) is 0.333. The van der Waals surface area contributed by atoms with Crippen LogP contribution < -0.4 is 9.64 Å². The van der Waals surface area contributed by atoms with Gasteiger partial charge in [0.1, 0.15) is 30.2 Å². The summed E-state index contributed by atoms with van der Waals surface area (Å²) in [5.74, 6) is -0.935. The highest BCUT2D eigenvalue weighted by Gasteiger charge is 2.35. The van der Waals surface area contributed by atoms with E-state index in [0.29, 0.717) is 17.1 Å². The highest BCUT2D eigenvalue weighted by Crippen LogP contribution is 2.42. The molecule has 1 aromatic heterocycles. The Morgan fingerprint density at radius 1 is 0.922 bits per heavy atom. The van der Waals surface area contributed by atoms with Crippen molar-refractivity contribution >= 4 is 29.1 Å². The van der Waals surface area contributed by atoms with E-state index >= 15 is 0 Å². The number of aliphatic hydroxyl groups excluding tert-OH is 5. The fourth-order valence-corrected chi connectivity index (χ4v) is 6.37. The summed E-state index contributed by atoms with van der Waals surface area (Å²) in [5.41, 5.74) is 1.57. The zero-order valence-corrected chi connectivity index (χ0v) is 28.3. The van der Waals surface area contributed by atoms with E-state index in [1.807, 2.05) is 10.6 Å². The summed E-state index contributed by atoms with van der Waals surface area (Å²) in [5, 5.41) is 49.0. The van der Waals surface area contributed by atoms with Crippen LogP contribution in [0.15, 0.2) is 72.8 Å². The monoisotopic (exact) mass is 731 g/mol. The van der Waals surface area contributed by atoms with Crippen molar-refractivity contribution in [1.82, 2.24) is 9.47 Å². The van der Waals surface area contributed by atoms with Crippen molar-refractivity contribution in [3.63, 3.8) is 0 Å². The molecule has 0 saturated heterocycles. The molecular formula is C36H37ClF3N3O8. The molecule has 1 aliphatic heterocycles. The molecule has 0 radical (unpaired) electrons. The number of alkyl halides is 3. The van der Waals surface area contributed by atoms with Gasteiger partial charge >= 0.3 is 6.18 Å². The minimum absolute atomic E-state index is 0.0218. The Morgan fingerprint density at radius 3 is 2.27 bits per heavy atom. The van der Waals surface area contributed by atoms with Gasteiger partial charge in [0.15, 0.2) is 0 Å². The number of rotatable bonds is 11. The molecule has 5 N–H and O–H groups in total. The highest BCUT2D eigenvalue weighted by atomic mass is 35.5. The number of hydrogen-bond donors (Lipinski definition) is 5. The third-order valence-electron chi connectivity index (χ3n) is 8.92. The number of nitrogens with zero attached hydrogens (tertiary/aromatic N) is 3. The predicted octanol–water partition coefficient (Wildman–Crippen LogP) is 3.48. The van der Waals surface area contributed by atoms with Gasteiger partial charge in [-0.25, -0.2) is 0 Å². The van der Waals surface area contributed by atoms with Crippen molar-refractivity contribution in [3.05, 3.63) is 106 Å². The van der Waals surface area contributed by atoms with Crippen molar-refractivity contribution in [2.45, 2.75) is 50.1 Å². The molecule has 272 valence electrons. The maximum atomic E-state index is 14.3. The van der Waals surface area contributed by atoms with E-state index in [9.17, 15) is 43.2 Å². The third kappa shape index (κ3) is 7.91. The molecule has 0 fully saturated rings. The molecule has 3 aromatic carbocycles. The smallest absolute Gasteiger partial charge is 0.417 e. The Bertz CT molecular complexity index is 1900. The van der Waals surface area contributed by atoms with Crippen LogP contribution in [0, 0.1) is 0 Å². The van der Waals surface area contributed by atoms with Crippen LogP contribution in [-0.2, 0) is 30.5 Å². The average Bonchev–Trinajstić information content (AvgIpc) is 3.39. The lowest BCUT2D eigenvalue weighted by Gasteiger charge is -2.28. The van der Waals surface area contributed by atoms with Gasteiger partial charge < -0.3 is 44.6 Å². The Hall–Kier alpha value is -4.44. The second-order valence-corrected chi connectivity index (χ2v) is 12.7. The number of amides is 2. The van der Waals surface area contributed by atoms with Gasteiger partial charge in [0.25, 0.3) is 5.91 Å². The molecule has 0 spiro atoms. The van der Waals surface area contributed by atoms with Crippen molar-refractivity contribution < 1.29 is 53.0 Å². The Labute approximate surface area is 296 Å². The number of carbonyl (C=O) groups is 2. The largest absolute Gasteiger partial charge is 0.496 e. The van der Waals surface area contributed by atoms with E-state index in [2.05, 4.69) is 0 Å². The molecule has 4 atom stereocenters. The second-order valence-electron chi connectivity index (χ2n) is 12.2. The molecule has 51 heavy (non-hydrogen) atoms. The standard InChI is InChI=1S/C36H37ClF3N3O8/c1-41(18-29(45)33(48)34(49)30(46)19-44)32(47)13-21-11-12-22-17-43(28-10-6-3-7-20(28)16-42(21)22)35(50)25-14-27(37)24(15-31(25)51-2)23-8-4-5-9-26(23)36(38,39)40/h3-12,14-15,29-30,33-34,44-46,48-49H,13,16-19H2,1-2H3/t29-,30+,33+,34+/m0/s1. The van der Waals surface area contributed by atoms with Crippen LogP contribution in [0.5, 0.6) is 5.75 Å². The van der Waals surface area contributed by atoms with Gasteiger partial charge in [-0.15, -0.1) is 0 Å². The highest BCUT2D eigenvalue weighted by molar-refractivity contribution is 6.34. The van der Waals surface area contributed by atoms with Crippen LogP contribution in [0.1, 0.15) is 32.9 Å². The molecule has 2 heterocycles. The van der Waals surface area contributed by atoms with Crippen LogP contribution >= 0.6 is 11.6 Å². The normalized spacial score (nSPS) is 15.2. The van der Waals surface area contributed by atoms with Crippen molar-refractivity contribution in [2.24, 2.45) is 0 Å². The minimum atomic E-state index is -4.65. The summed E-state index contributed by atoms with van der Waals surface area (Å²) >= 11 is 6.58. The summed E-state index contributed by atoms with van der Waals surface area (Å²) in [4.78, 5) is 30.2.